The fourth-order valence-corrected chi connectivity index (χ4v) is 1.78. The molecule has 0 spiro atoms. The SMILES string of the molecule is CCCOc1ccccc1Oc1c(F)cc(CO)cc1F. The molecule has 2 aromatic rings. The van der Waals surface area contributed by atoms with Gasteiger partial charge in [-0.3, -0.25) is 0 Å². The molecule has 0 radical (unpaired) electrons. The van der Waals surface area contributed by atoms with Gasteiger partial charge in [-0.25, -0.2) is 8.78 Å². The molecular formula is C16H16F2O3. The lowest BCUT2D eigenvalue weighted by Gasteiger charge is -2.13. The quantitative estimate of drug-likeness (QED) is 0.874. The summed E-state index contributed by atoms with van der Waals surface area (Å²) >= 11 is 0. The lowest BCUT2D eigenvalue weighted by atomic mass is 10.2. The average molecular weight is 294 g/mol. The minimum atomic E-state index is -0.871. The van der Waals surface area contributed by atoms with Crippen molar-refractivity contribution in [2.75, 3.05) is 6.61 Å². The Kier molecular flexibility index (Phi) is 5.11. The molecule has 0 aliphatic rings. The Bertz CT molecular complexity index is 591. The van der Waals surface area contributed by atoms with E-state index in [0.717, 1.165) is 18.6 Å². The van der Waals surface area contributed by atoms with Crippen molar-refractivity contribution in [3.8, 4) is 17.2 Å². The number of halogens is 2. The smallest absolute Gasteiger partial charge is 0.198 e. The van der Waals surface area contributed by atoms with Crippen molar-refractivity contribution in [2.45, 2.75) is 20.0 Å². The molecule has 0 saturated carbocycles. The van der Waals surface area contributed by atoms with Crippen molar-refractivity contribution in [1.82, 2.24) is 0 Å². The normalized spacial score (nSPS) is 10.5. The first-order valence-electron chi connectivity index (χ1n) is 6.64. The number of hydrogen-bond donors (Lipinski definition) is 1. The summed E-state index contributed by atoms with van der Waals surface area (Å²) in [5, 5.41) is 8.91. The van der Waals surface area contributed by atoms with Crippen LogP contribution < -0.4 is 9.47 Å². The Morgan fingerprint density at radius 1 is 1.05 bits per heavy atom. The second-order valence-electron chi connectivity index (χ2n) is 4.44. The molecule has 3 nitrogen and oxygen atoms in total. The highest BCUT2D eigenvalue weighted by Crippen LogP contribution is 2.34. The predicted molar refractivity (Wildman–Crippen MR) is 74.6 cm³/mol. The van der Waals surface area contributed by atoms with Crippen molar-refractivity contribution < 1.29 is 23.4 Å². The minimum absolute atomic E-state index is 0.146. The van der Waals surface area contributed by atoms with Crippen molar-refractivity contribution in [3.63, 3.8) is 0 Å². The van der Waals surface area contributed by atoms with Gasteiger partial charge in [0.1, 0.15) is 0 Å². The summed E-state index contributed by atoms with van der Waals surface area (Å²) in [6.45, 7) is 2.00. The van der Waals surface area contributed by atoms with E-state index in [4.69, 9.17) is 14.6 Å². The predicted octanol–water partition coefficient (Wildman–Crippen LogP) is 4.04. The first-order chi connectivity index (χ1) is 10.2. The van der Waals surface area contributed by atoms with Gasteiger partial charge in [0.15, 0.2) is 28.9 Å². The number of rotatable bonds is 6. The summed E-state index contributed by atoms with van der Waals surface area (Å²) in [6.07, 6.45) is 0.808. The highest BCUT2D eigenvalue weighted by molar-refractivity contribution is 5.44. The number of aliphatic hydroxyl groups excluding tert-OH is 1. The minimum Gasteiger partial charge on any atom is -0.490 e. The molecule has 0 bridgehead atoms. The van der Waals surface area contributed by atoms with Gasteiger partial charge < -0.3 is 14.6 Å². The van der Waals surface area contributed by atoms with Gasteiger partial charge in [0.25, 0.3) is 0 Å². The molecule has 5 heteroatoms. The van der Waals surface area contributed by atoms with Gasteiger partial charge in [-0.1, -0.05) is 19.1 Å². The van der Waals surface area contributed by atoms with Gasteiger partial charge in [-0.2, -0.15) is 0 Å². The maximum atomic E-state index is 13.9. The fraction of sp³-hybridized carbons (Fsp3) is 0.250. The molecule has 2 aromatic carbocycles. The summed E-state index contributed by atoms with van der Waals surface area (Å²) < 4.78 is 38.5. The highest BCUT2D eigenvalue weighted by Gasteiger charge is 2.15. The van der Waals surface area contributed by atoms with E-state index in [2.05, 4.69) is 0 Å². The summed E-state index contributed by atoms with van der Waals surface area (Å²) in [7, 11) is 0. The van der Waals surface area contributed by atoms with E-state index in [0.29, 0.717) is 12.4 Å². The molecule has 0 atom stereocenters. The Morgan fingerprint density at radius 2 is 1.67 bits per heavy atom. The second-order valence-corrected chi connectivity index (χ2v) is 4.44. The maximum Gasteiger partial charge on any atom is 0.198 e. The Hall–Kier alpha value is -2.14. The molecule has 0 aromatic heterocycles. The first-order valence-corrected chi connectivity index (χ1v) is 6.64. The molecule has 0 saturated heterocycles. The molecule has 1 N–H and O–H groups in total. The van der Waals surface area contributed by atoms with E-state index in [-0.39, 0.29) is 11.3 Å². The first kappa shape index (κ1) is 15.3. The van der Waals surface area contributed by atoms with Crippen LogP contribution in [0.2, 0.25) is 0 Å². The van der Waals surface area contributed by atoms with E-state index >= 15 is 0 Å². The van der Waals surface area contributed by atoms with Crippen molar-refractivity contribution in [2.24, 2.45) is 0 Å². The summed E-state index contributed by atoms with van der Waals surface area (Å²) in [4.78, 5) is 0. The van der Waals surface area contributed by atoms with E-state index in [1.807, 2.05) is 6.92 Å². The molecule has 0 unspecified atom stereocenters. The van der Waals surface area contributed by atoms with E-state index in [1.54, 1.807) is 24.3 Å². The number of aliphatic hydroxyl groups is 1. The monoisotopic (exact) mass is 294 g/mol. The zero-order chi connectivity index (χ0) is 15.2. The van der Waals surface area contributed by atoms with E-state index in [9.17, 15) is 8.78 Å². The topological polar surface area (TPSA) is 38.7 Å². The lowest BCUT2D eigenvalue weighted by molar-refractivity contribution is 0.279. The summed E-state index contributed by atoms with van der Waals surface area (Å²) in [5.74, 6) is -1.60. The molecule has 112 valence electrons. The van der Waals surface area contributed by atoms with Crippen molar-refractivity contribution >= 4 is 0 Å². The van der Waals surface area contributed by atoms with Crippen LogP contribution in [0.5, 0.6) is 17.2 Å². The van der Waals surface area contributed by atoms with Crippen molar-refractivity contribution in [1.29, 1.82) is 0 Å². The fourth-order valence-electron chi connectivity index (χ4n) is 1.78. The third-order valence-corrected chi connectivity index (χ3v) is 2.76. The van der Waals surface area contributed by atoms with Crippen LogP contribution in [-0.2, 0) is 6.61 Å². The van der Waals surface area contributed by atoms with Gasteiger partial charge in [0.2, 0.25) is 0 Å². The Balaban J connectivity index is 2.30. The van der Waals surface area contributed by atoms with Crippen LogP contribution in [0.3, 0.4) is 0 Å². The lowest BCUT2D eigenvalue weighted by Crippen LogP contribution is -2.00. The maximum absolute atomic E-state index is 13.9. The summed E-state index contributed by atoms with van der Waals surface area (Å²) in [5.41, 5.74) is 0.146. The standard InChI is InChI=1S/C16H16F2O3/c1-2-7-20-14-5-3-4-6-15(14)21-16-12(17)8-11(10-19)9-13(16)18/h3-6,8-9,19H,2,7,10H2,1H3. The van der Waals surface area contributed by atoms with Crippen LogP contribution >= 0.6 is 0 Å². The zero-order valence-corrected chi connectivity index (χ0v) is 11.6. The molecule has 0 aliphatic heterocycles. The highest BCUT2D eigenvalue weighted by atomic mass is 19.1. The molecule has 0 amide bonds. The molecule has 21 heavy (non-hydrogen) atoms. The number of para-hydroxylation sites is 2. The number of hydrogen-bond acceptors (Lipinski definition) is 3. The Labute approximate surface area is 121 Å². The van der Waals surface area contributed by atoms with Crippen LogP contribution in [0.1, 0.15) is 18.9 Å². The zero-order valence-electron chi connectivity index (χ0n) is 11.6. The molecule has 2 rings (SSSR count). The van der Waals surface area contributed by atoms with Crippen LogP contribution in [-0.4, -0.2) is 11.7 Å². The largest absolute Gasteiger partial charge is 0.490 e. The van der Waals surface area contributed by atoms with Crippen molar-refractivity contribution in [3.05, 3.63) is 53.6 Å². The molecule has 0 heterocycles. The number of benzene rings is 2. The number of ether oxygens (including phenoxy) is 2. The Morgan fingerprint density at radius 3 is 2.24 bits per heavy atom. The summed E-state index contributed by atoms with van der Waals surface area (Å²) in [6, 6.07) is 8.75. The van der Waals surface area contributed by atoms with Gasteiger partial charge in [0.05, 0.1) is 13.2 Å². The van der Waals surface area contributed by atoms with Crippen LogP contribution in [0.4, 0.5) is 8.78 Å². The van der Waals surface area contributed by atoms with Gasteiger partial charge >= 0.3 is 0 Å². The van der Waals surface area contributed by atoms with E-state index < -0.39 is 24.0 Å². The third-order valence-electron chi connectivity index (χ3n) is 2.76. The average Bonchev–Trinajstić information content (AvgIpc) is 2.49. The van der Waals surface area contributed by atoms with Crippen LogP contribution in [0.25, 0.3) is 0 Å². The van der Waals surface area contributed by atoms with Gasteiger partial charge in [-0.15, -0.1) is 0 Å². The third kappa shape index (κ3) is 3.70. The molecule has 0 aliphatic carbocycles. The van der Waals surface area contributed by atoms with E-state index in [1.165, 1.54) is 0 Å². The molecule has 0 fully saturated rings. The van der Waals surface area contributed by atoms with Gasteiger partial charge in [0, 0.05) is 0 Å². The second kappa shape index (κ2) is 7.04. The van der Waals surface area contributed by atoms with Crippen LogP contribution in [0.15, 0.2) is 36.4 Å². The van der Waals surface area contributed by atoms with Crippen LogP contribution in [0, 0.1) is 11.6 Å². The molecular weight excluding hydrogens is 278 g/mol. The van der Waals surface area contributed by atoms with Gasteiger partial charge in [-0.05, 0) is 36.2 Å².